The number of aliphatic carboxylic acids is 1. The standard InChI is InChI=1S/C14H10F3NO2/c15-9-6-7-10(12(17)11(9)16)18-13(14(19)20)8-4-2-1-3-5-8/h1-7,13,18H,(H,19,20). The molecule has 20 heavy (non-hydrogen) atoms. The first-order chi connectivity index (χ1) is 9.50. The van der Waals surface area contributed by atoms with Gasteiger partial charge >= 0.3 is 5.97 Å². The van der Waals surface area contributed by atoms with Gasteiger partial charge < -0.3 is 10.4 Å². The highest BCUT2D eigenvalue weighted by atomic mass is 19.2. The quantitative estimate of drug-likeness (QED) is 0.845. The fourth-order valence-corrected chi connectivity index (χ4v) is 1.73. The Labute approximate surface area is 112 Å². The summed E-state index contributed by atoms with van der Waals surface area (Å²) in [6.45, 7) is 0. The van der Waals surface area contributed by atoms with Crippen LogP contribution in [0, 0.1) is 17.5 Å². The molecular weight excluding hydrogens is 271 g/mol. The third-order valence-corrected chi connectivity index (χ3v) is 2.71. The average Bonchev–Trinajstić information content (AvgIpc) is 2.45. The van der Waals surface area contributed by atoms with E-state index in [1.54, 1.807) is 18.2 Å². The molecule has 6 heteroatoms. The van der Waals surface area contributed by atoms with E-state index in [-0.39, 0.29) is 0 Å². The lowest BCUT2D eigenvalue weighted by molar-refractivity contribution is -0.138. The van der Waals surface area contributed by atoms with Gasteiger partial charge in [0.25, 0.3) is 0 Å². The molecule has 104 valence electrons. The van der Waals surface area contributed by atoms with Gasteiger partial charge in [0, 0.05) is 0 Å². The van der Waals surface area contributed by atoms with Gasteiger partial charge in [0.1, 0.15) is 0 Å². The van der Waals surface area contributed by atoms with E-state index in [4.69, 9.17) is 5.11 Å². The van der Waals surface area contributed by atoms with Gasteiger partial charge in [0.15, 0.2) is 23.5 Å². The number of halogens is 3. The van der Waals surface area contributed by atoms with Gasteiger partial charge in [-0.1, -0.05) is 30.3 Å². The summed E-state index contributed by atoms with van der Waals surface area (Å²) in [6.07, 6.45) is 0. The average molecular weight is 281 g/mol. The molecule has 0 aromatic heterocycles. The van der Waals surface area contributed by atoms with Crippen LogP contribution in [0.4, 0.5) is 18.9 Å². The molecule has 2 rings (SSSR count). The van der Waals surface area contributed by atoms with Crippen molar-refractivity contribution in [2.24, 2.45) is 0 Å². The van der Waals surface area contributed by atoms with Gasteiger partial charge in [-0.25, -0.2) is 18.0 Å². The van der Waals surface area contributed by atoms with E-state index in [1.807, 2.05) is 0 Å². The second-order valence-electron chi connectivity index (χ2n) is 4.05. The summed E-state index contributed by atoms with van der Waals surface area (Å²) in [6, 6.07) is 8.41. The number of carboxylic acids is 1. The maximum atomic E-state index is 13.5. The normalized spacial score (nSPS) is 11.9. The van der Waals surface area contributed by atoms with Crippen LogP contribution in [0.25, 0.3) is 0 Å². The maximum Gasteiger partial charge on any atom is 0.330 e. The molecule has 0 saturated carbocycles. The Morgan fingerprint density at radius 1 is 1.00 bits per heavy atom. The zero-order valence-electron chi connectivity index (χ0n) is 10.1. The lowest BCUT2D eigenvalue weighted by Gasteiger charge is -2.16. The lowest BCUT2D eigenvalue weighted by Crippen LogP contribution is -2.21. The van der Waals surface area contributed by atoms with E-state index in [0.29, 0.717) is 5.56 Å². The SMILES string of the molecule is O=C(O)C(Nc1ccc(F)c(F)c1F)c1ccccc1. The molecule has 1 atom stereocenters. The molecule has 2 aromatic carbocycles. The predicted octanol–water partition coefficient (Wildman–Crippen LogP) is 3.34. The monoisotopic (exact) mass is 281 g/mol. The molecular formula is C14H10F3NO2. The van der Waals surface area contributed by atoms with Gasteiger partial charge in [-0.2, -0.15) is 0 Å². The number of benzene rings is 2. The highest BCUT2D eigenvalue weighted by Crippen LogP contribution is 2.25. The first-order valence-electron chi connectivity index (χ1n) is 5.68. The molecule has 0 bridgehead atoms. The molecule has 2 N–H and O–H groups in total. The minimum atomic E-state index is -1.65. The summed E-state index contributed by atoms with van der Waals surface area (Å²) in [5.74, 6) is -5.70. The topological polar surface area (TPSA) is 49.3 Å². The number of carboxylic acid groups (broad SMARTS) is 1. The number of hydrogen-bond acceptors (Lipinski definition) is 2. The number of anilines is 1. The predicted molar refractivity (Wildman–Crippen MR) is 66.8 cm³/mol. The minimum absolute atomic E-state index is 0.365. The van der Waals surface area contributed by atoms with Crippen LogP contribution in [0.5, 0.6) is 0 Å². The Balaban J connectivity index is 2.35. The number of nitrogens with one attached hydrogen (secondary N) is 1. The summed E-state index contributed by atoms with van der Waals surface area (Å²) >= 11 is 0. The molecule has 3 nitrogen and oxygen atoms in total. The van der Waals surface area contributed by atoms with Crippen LogP contribution in [0.3, 0.4) is 0 Å². The molecule has 0 aliphatic carbocycles. The van der Waals surface area contributed by atoms with Crippen molar-refractivity contribution in [2.45, 2.75) is 6.04 Å². The Kier molecular flexibility index (Phi) is 3.93. The summed E-state index contributed by atoms with van der Waals surface area (Å²) in [4.78, 5) is 11.2. The smallest absolute Gasteiger partial charge is 0.330 e. The van der Waals surface area contributed by atoms with Crippen molar-refractivity contribution in [3.8, 4) is 0 Å². The number of rotatable bonds is 4. The Bertz CT molecular complexity index is 632. The minimum Gasteiger partial charge on any atom is -0.479 e. The van der Waals surface area contributed by atoms with E-state index in [1.165, 1.54) is 12.1 Å². The summed E-state index contributed by atoms with van der Waals surface area (Å²) in [5, 5.41) is 11.5. The maximum absolute atomic E-state index is 13.5. The summed E-state index contributed by atoms with van der Waals surface area (Å²) in [7, 11) is 0. The third kappa shape index (κ3) is 2.74. The van der Waals surface area contributed by atoms with E-state index in [2.05, 4.69) is 5.32 Å². The highest BCUT2D eigenvalue weighted by Gasteiger charge is 2.22. The van der Waals surface area contributed by atoms with Crippen molar-refractivity contribution in [1.29, 1.82) is 0 Å². The molecule has 0 amide bonds. The molecule has 0 aliphatic heterocycles. The molecule has 0 radical (unpaired) electrons. The molecule has 1 unspecified atom stereocenters. The summed E-state index contributed by atoms with van der Waals surface area (Å²) < 4.78 is 39.5. The first-order valence-corrected chi connectivity index (χ1v) is 5.68. The molecule has 2 aromatic rings. The van der Waals surface area contributed by atoms with Crippen molar-refractivity contribution >= 4 is 11.7 Å². The van der Waals surface area contributed by atoms with Crippen molar-refractivity contribution in [3.05, 3.63) is 65.5 Å². The molecule has 0 spiro atoms. The van der Waals surface area contributed by atoms with E-state index in [9.17, 15) is 18.0 Å². The van der Waals surface area contributed by atoms with Crippen molar-refractivity contribution in [2.75, 3.05) is 5.32 Å². The molecule has 0 fully saturated rings. The largest absolute Gasteiger partial charge is 0.479 e. The first kappa shape index (κ1) is 13.9. The fraction of sp³-hybridized carbons (Fsp3) is 0.0714. The van der Waals surface area contributed by atoms with Gasteiger partial charge in [0.05, 0.1) is 5.69 Å². The van der Waals surface area contributed by atoms with Crippen molar-refractivity contribution in [3.63, 3.8) is 0 Å². The van der Waals surface area contributed by atoms with Gasteiger partial charge in [-0.05, 0) is 17.7 Å². The molecule has 0 heterocycles. The van der Waals surface area contributed by atoms with Crippen LogP contribution in [0.2, 0.25) is 0 Å². The van der Waals surface area contributed by atoms with E-state index in [0.717, 1.165) is 12.1 Å². The van der Waals surface area contributed by atoms with E-state index >= 15 is 0 Å². The van der Waals surface area contributed by atoms with Gasteiger partial charge in [-0.15, -0.1) is 0 Å². The third-order valence-electron chi connectivity index (χ3n) is 2.71. The highest BCUT2D eigenvalue weighted by molar-refractivity contribution is 5.79. The van der Waals surface area contributed by atoms with E-state index < -0.39 is 35.2 Å². The van der Waals surface area contributed by atoms with Crippen LogP contribution in [-0.4, -0.2) is 11.1 Å². The Morgan fingerprint density at radius 2 is 1.65 bits per heavy atom. The number of carbonyl (C=O) groups is 1. The van der Waals surface area contributed by atoms with Gasteiger partial charge in [-0.3, -0.25) is 0 Å². The van der Waals surface area contributed by atoms with Crippen LogP contribution in [0.1, 0.15) is 11.6 Å². The Morgan fingerprint density at radius 3 is 2.25 bits per heavy atom. The van der Waals surface area contributed by atoms with Crippen LogP contribution in [0.15, 0.2) is 42.5 Å². The molecule has 0 aliphatic rings. The fourth-order valence-electron chi connectivity index (χ4n) is 1.73. The summed E-state index contributed by atoms with van der Waals surface area (Å²) in [5.41, 5.74) is -0.0516. The van der Waals surface area contributed by atoms with Gasteiger partial charge in [0.2, 0.25) is 0 Å². The zero-order valence-corrected chi connectivity index (χ0v) is 10.1. The zero-order chi connectivity index (χ0) is 14.7. The second-order valence-corrected chi connectivity index (χ2v) is 4.05. The van der Waals surface area contributed by atoms with Crippen LogP contribution >= 0.6 is 0 Å². The number of hydrogen-bond donors (Lipinski definition) is 2. The van der Waals surface area contributed by atoms with Crippen LogP contribution < -0.4 is 5.32 Å². The van der Waals surface area contributed by atoms with Crippen molar-refractivity contribution in [1.82, 2.24) is 0 Å². The Hall–Kier alpha value is -2.50. The second kappa shape index (κ2) is 5.64. The van der Waals surface area contributed by atoms with Crippen molar-refractivity contribution < 1.29 is 23.1 Å². The van der Waals surface area contributed by atoms with Crippen LogP contribution in [-0.2, 0) is 4.79 Å². The molecule has 0 saturated heterocycles. The lowest BCUT2D eigenvalue weighted by atomic mass is 10.1.